The zero-order valence-corrected chi connectivity index (χ0v) is 21.1. The summed E-state index contributed by atoms with van der Waals surface area (Å²) in [6.45, 7) is 2.58. The molecule has 2 heterocycles. The molecule has 1 atom stereocenters. The van der Waals surface area contributed by atoms with E-state index in [9.17, 15) is 9.59 Å². The Kier molecular flexibility index (Phi) is 7.60. The van der Waals surface area contributed by atoms with Crippen LogP contribution < -0.4 is 5.32 Å². The van der Waals surface area contributed by atoms with Gasteiger partial charge in [0.15, 0.2) is 0 Å². The minimum atomic E-state index is -0.463. The van der Waals surface area contributed by atoms with Crippen molar-refractivity contribution in [1.82, 2.24) is 20.0 Å². The van der Waals surface area contributed by atoms with Crippen molar-refractivity contribution in [3.8, 4) is 0 Å². The van der Waals surface area contributed by atoms with E-state index in [1.165, 1.54) is 16.0 Å². The third-order valence-corrected chi connectivity index (χ3v) is 7.77. The number of nitrogens with one attached hydrogen (secondary N) is 1. The number of fused-ring (bicyclic) bond motifs is 2. The molecular formula is C27H35ClN4O2. The summed E-state index contributed by atoms with van der Waals surface area (Å²) >= 11 is 6.04. The molecular weight excluding hydrogens is 448 g/mol. The molecule has 2 amide bonds. The van der Waals surface area contributed by atoms with Gasteiger partial charge in [-0.3, -0.25) is 19.8 Å². The summed E-state index contributed by atoms with van der Waals surface area (Å²) in [5.41, 5.74) is 3.86. The Balaban J connectivity index is 1.48. The fourth-order valence-corrected chi connectivity index (χ4v) is 5.47. The molecule has 2 aliphatic rings. The molecule has 1 spiro atoms. The average molecular weight is 483 g/mol. The van der Waals surface area contributed by atoms with Gasteiger partial charge in [0.2, 0.25) is 11.8 Å². The third kappa shape index (κ3) is 5.14. The number of benzene rings is 2. The molecule has 1 fully saturated rings. The van der Waals surface area contributed by atoms with Crippen LogP contribution in [0.5, 0.6) is 0 Å². The maximum atomic E-state index is 13.6. The van der Waals surface area contributed by atoms with Crippen LogP contribution >= 0.6 is 11.6 Å². The smallest absolute Gasteiger partial charge is 0.240 e. The number of likely N-dealkylation sites (tertiary alicyclic amines) is 1. The number of amides is 2. The predicted molar refractivity (Wildman–Crippen MR) is 136 cm³/mol. The number of likely N-dealkylation sites (N-methyl/N-ethyl adjacent to an activating group) is 2. The monoisotopic (exact) mass is 482 g/mol. The van der Waals surface area contributed by atoms with E-state index in [1.54, 1.807) is 14.1 Å². The minimum Gasteiger partial charge on any atom is -0.348 e. The second-order valence-electron chi connectivity index (χ2n) is 9.74. The van der Waals surface area contributed by atoms with Gasteiger partial charge in [-0.05, 0) is 61.6 Å². The Hall–Kier alpha value is -2.41. The molecule has 4 rings (SSSR count). The van der Waals surface area contributed by atoms with Gasteiger partial charge in [-0.25, -0.2) is 0 Å². The van der Waals surface area contributed by atoms with E-state index in [-0.39, 0.29) is 23.9 Å². The van der Waals surface area contributed by atoms with Gasteiger partial charge in [0, 0.05) is 44.3 Å². The van der Waals surface area contributed by atoms with Crippen LogP contribution in [0.15, 0.2) is 48.5 Å². The molecule has 0 saturated carbocycles. The number of piperidine rings is 1. The Morgan fingerprint density at radius 3 is 2.41 bits per heavy atom. The molecule has 2 aliphatic heterocycles. The largest absolute Gasteiger partial charge is 0.348 e. The number of carbonyl (C=O) groups excluding carboxylic acids is 2. The number of rotatable bonds is 6. The highest BCUT2D eigenvalue weighted by molar-refractivity contribution is 6.30. The number of halogens is 1. The Bertz CT molecular complexity index is 1020. The molecule has 0 aliphatic carbocycles. The summed E-state index contributed by atoms with van der Waals surface area (Å²) in [5, 5.41) is 3.90. The van der Waals surface area contributed by atoms with Crippen LogP contribution in [-0.4, -0.2) is 79.9 Å². The summed E-state index contributed by atoms with van der Waals surface area (Å²) in [5.74, 6) is 0.00930. The van der Waals surface area contributed by atoms with Gasteiger partial charge in [-0.1, -0.05) is 48.0 Å². The van der Waals surface area contributed by atoms with Crippen LogP contribution in [0, 0.1) is 0 Å². The zero-order valence-electron chi connectivity index (χ0n) is 20.4. The SMILES string of the molecule is CN(C)C(=O)CN[C@H](Cc1ccc(Cl)cc1)C(=O)N1CCC2(CC1)c1ccccc1CCN2C. The van der Waals surface area contributed by atoms with Crippen molar-refractivity contribution in [2.45, 2.75) is 37.3 Å². The first kappa shape index (κ1) is 24.7. The molecule has 0 radical (unpaired) electrons. The van der Waals surface area contributed by atoms with Crippen LogP contribution in [0.2, 0.25) is 5.02 Å². The number of hydrogen-bond donors (Lipinski definition) is 1. The second-order valence-corrected chi connectivity index (χ2v) is 10.2. The first-order chi connectivity index (χ1) is 16.3. The van der Waals surface area contributed by atoms with Crippen molar-refractivity contribution in [3.05, 3.63) is 70.2 Å². The lowest BCUT2D eigenvalue weighted by atomic mass is 9.74. The van der Waals surface area contributed by atoms with Gasteiger partial charge >= 0.3 is 0 Å². The fraction of sp³-hybridized carbons (Fsp3) is 0.481. The van der Waals surface area contributed by atoms with Crippen LogP contribution in [0.4, 0.5) is 0 Å². The van der Waals surface area contributed by atoms with Crippen LogP contribution in [-0.2, 0) is 28.0 Å². The van der Waals surface area contributed by atoms with E-state index in [4.69, 9.17) is 11.6 Å². The van der Waals surface area contributed by atoms with Crippen molar-refractivity contribution in [2.75, 3.05) is 47.3 Å². The molecule has 2 aromatic rings. The lowest BCUT2D eigenvalue weighted by molar-refractivity contribution is -0.136. The summed E-state index contributed by atoms with van der Waals surface area (Å²) in [4.78, 5) is 31.9. The molecule has 0 aromatic heterocycles. The Labute approximate surface area is 207 Å². The standard InChI is InChI=1S/C27H35ClN4O2/c1-30(2)25(33)19-29-24(18-20-8-10-22(28)11-9-20)26(34)32-16-13-27(14-17-32)23-7-5-4-6-21(23)12-15-31(27)3/h4-11,24,29H,12-19H2,1-3H3/t24-/m1/s1. The normalized spacial score (nSPS) is 18.4. The summed E-state index contributed by atoms with van der Waals surface area (Å²) in [6.07, 6.45) is 3.41. The van der Waals surface area contributed by atoms with Crippen molar-refractivity contribution >= 4 is 23.4 Å². The number of carbonyl (C=O) groups is 2. The van der Waals surface area contributed by atoms with Crippen molar-refractivity contribution in [2.24, 2.45) is 0 Å². The minimum absolute atomic E-state index is 0.00832. The maximum Gasteiger partial charge on any atom is 0.240 e. The summed E-state index contributed by atoms with van der Waals surface area (Å²) in [6, 6.07) is 15.9. The fourth-order valence-electron chi connectivity index (χ4n) is 5.34. The van der Waals surface area contributed by atoms with E-state index in [2.05, 4.69) is 41.5 Å². The van der Waals surface area contributed by atoms with Gasteiger partial charge in [0.05, 0.1) is 12.6 Å². The summed E-state index contributed by atoms with van der Waals surface area (Å²) in [7, 11) is 5.66. The number of hydrogen-bond acceptors (Lipinski definition) is 4. The van der Waals surface area contributed by atoms with E-state index in [0.29, 0.717) is 24.5 Å². The number of nitrogens with zero attached hydrogens (tertiary/aromatic N) is 3. The molecule has 0 bridgehead atoms. The van der Waals surface area contributed by atoms with E-state index in [0.717, 1.165) is 31.4 Å². The predicted octanol–water partition coefficient (Wildman–Crippen LogP) is 2.93. The topological polar surface area (TPSA) is 55.9 Å². The highest BCUT2D eigenvalue weighted by Crippen LogP contribution is 2.42. The first-order valence-electron chi connectivity index (χ1n) is 12.1. The quantitative estimate of drug-likeness (QED) is 0.687. The zero-order chi connectivity index (χ0) is 24.3. The molecule has 2 aromatic carbocycles. The second kappa shape index (κ2) is 10.5. The molecule has 7 heteroatoms. The van der Waals surface area contributed by atoms with Crippen LogP contribution in [0.25, 0.3) is 0 Å². The van der Waals surface area contributed by atoms with Gasteiger partial charge in [-0.15, -0.1) is 0 Å². The van der Waals surface area contributed by atoms with Gasteiger partial charge in [-0.2, -0.15) is 0 Å². The highest BCUT2D eigenvalue weighted by Gasteiger charge is 2.44. The van der Waals surface area contributed by atoms with E-state index < -0.39 is 6.04 Å². The van der Waals surface area contributed by atoms with E-state index >= 15 is 0 Å². The molecule has 34 heavy (non-hydrogen) atoms. The molecule has 1 saturated heterocycles. The third-order valence-electron chi connectivity index (χ3n) is 7.52. The van der Waals surface area contributed by atoms with Crippen molar-refractivity contribution in [1.29, 1.82) is 0 Å². The van der Waals surface area contributed by atoms with Crippen LogP contribution in [0.3, 0.4) is 0 Å². The Morgan fingerprint density at radius 2 is 1.74 bits per heavy atom. The molecule has 1 N–H and O–H groups in total. The molecule has 182 valence electrons. The van der Waals surface area contributed by atoms with Gasteiger partial charge in [0.1, 0.15) is 0 Å². The lowest BCUT2D eigenvalue weighted by Gasteiger charge is -2.51. The highest BCUT2D eigenvalue weighted by atomic mass is 35.5. The first-order valence-corrected chi connectivity index (χ1v) is 12.4. The maximum absolute atomic E-state index is 13.6. The Morgan fingerprint density at radius 1 is 1.06 bits per heavy atom. The summed E-state index contributed by atoms with van der Waals surface area (Å²) < 4.78 is 0. The molecule has 6 nitrogen and oxygen atoms in total. The van der Waals surface area contributed by atoms with Gasteiger partial charge in [0.25, 0.3) is 0 Å². The molecule has 0 unspecified atom stereocenters. The van der Waals surface area contributed by atoms with Crippen molar-refractivity contribution < 1.29 is 9.59 Å². The van der Waals surface area contributed by atoms with Gasteiger partial charge < -0.3 is 9.80 Å². The average Bonchev–Trinajstić information content (AvgIpc) is 2.85. The lowest BCUT2D eigenvalue weighted by Crippen LogP contribution is -2.58. The van der Waals surface area contributed by atoms with Crippen LogP contribution in [0.1, 0.15) is 29.5 Å². The van der Waals surface area contributed by atoms with Crippen molar-refractivity contribution in [3.63, 3.8) is 0 Å². The van der Waals surface area contributed by atoms with E-state index in [1.807, 2.05) is 29.2 Å².